The first kappa shape index (κ1) is 19.2. The minimum absolute atomic E-state index is 0.201. The molecule has 0 radical (unpaired) electrons. The molecule has 2 aromatic rings. The monoisotopic (exact) mass is 382 g/mol. The molecule has 0 heterocycles. The van der Waals surface area contributed by atoms with E-state index in [9.17, 15) is 13.2 Å². The zero-order chi connectivity index (χ0) is 18.6. The predicted molar refractivity (Wildman–Crippen MR) is 96.5 cm³/mol. The lowest BCUT2D eigenvalue weighted by atomic mass is 10.1. The van der Waals surface area contributed by atoms with Crippen molar-refractivity contribution in [1.82, 2.24) is 9.62 Å². The van der Waals surface area contributed by atoms with Crippen molar-refractivity contribution in [2.24, 2.45) is 0 Å². The van der Waals surface area contributed by atoms with Gasteiger partial charge in [-0.25, -0.2) is 12.7 Å². The van der Waals surface area contributed by atoms with Crippen LogP contribution >= 0.6 is 11.6 Å². The quantitative estimate of drug-likeness (QED) is 0.833. The molecule has 2 rings (SSSR count). The smallest absolute Gasteiger partial charge is 0.255 e. The zero-order valence-corrected chi connectivity index (χ0v) is 15.7. The average Bonchev–Trinajstić information content (AvgIpc) is 2.59. The summed E-state index contributed by atoms with van der Waals surface area (Å²) in [6, 6.07) is 11.1. The Kier molecular flexibility index (Phi) is 6.05. The van der Waals surface area contributed by atoms with Gasteiger partial charge < -0.3 is 10.1 Å². The van der Waals surface area contributed by atoms with Gasteiger partial charge in [-0.1, -0.05) is 23.7 Å². The van der Waals surface area contributed by atoms with Gasteiger partial charge in [-0.3, -0.25) is 4.79 Å². The summed E-state index contributed by atoms with van der Waals surface area (Å²) in [6.07, 6.45) is 0. The van der Waals surface area contributed by atoms with Crippen LogP contribution in [0.4, 0.5) is 0 Å². The molecule has 0 aromatic heterocycles. The van der Waals surface area contributed by atoms with E-state index >= 15 is 0 Å². The van der Waals surface area contributed by atoms with Gasteiger partial charge in [-0.15, -0.1) is 0 Å². The van der Waals surface area contributed by atoms with Crippen molar-refractivity contribution in [2.45, 2.75) is 11.4 Å². The van der Waals surface area contributed by atoms with E-state index in [1.807, 2.05) is 0 Å². The molecule has 1 amide bonds. The van der Waals surface area contributed by atoms with Gasteiger partial charge in [0.2, 0.25) is 10.0 Å². The maximum absolute atomic E-state index is 12.3. The van der Waals surface area contributed by atoms with Crippen molar-refractivity contribution in [3.63, 3.8) is 0 Å². The van der Waals surface area contributed by atoms with Gasteiger partial charge in [-0.2, -0.15) is 0 Å². The molecule has 0 atom stereocenters. The average molecular weight is 383 g/mol. The first-order chi connectivity index (χ1) is 11.8. The maximum Gasteiger partial charge on any atom is 0.255 e. The fourth-order valence-electron chi connectivity index (χ4n) is 2.12. The summed E-state index contributed by atoms with van der Waals surface area (Å²) in [5, 5.41) is 3.25. The molecule has 8 heteroatoms. The first-order valence-corrected chi connectivity index (χ1v) is 9.20. The molecular formula is C17H19ClN2O4S. The standard InChI is InChI=1S/C17H19ClN2O4S/c1-20(2)25(22,23)14-7-4-12(5-8-14)11-19-17(21)15-9-6-13(18)10-16(15)24-3/h4-10H,11H2,1-3H3,(H,19,21). The van der Waals surface area contributed by atoms with Crippen LogP contribution in [0.25, 0.3) is 0 Å². The van der Waals surface area contributed by atoms with E-state index in [0.717, 1.165) is 9.87 Å². The van der Waals surface area contributed by atoms with Gasteiger partial charge in [0.1, 0.15) is 5.75 Å². The molecule has 0 spiro atoms. The highest BCUT2D eigenvalue weighted by atomic mass is 35.5. The highest BCUT2D eigenvalue weighted by Gasteiger charge is 2.17. The highest BCUT2D eigenvalue weighted by molar-refractivity contribution is 7.89. The Balaban J connectivity index is 2.08. The fraction of sp³-hybridized carbons (Fsp3) is 0.235. The molecule has 134 valence electrons. The Hall–Kier alpha value is -2.09. The van der Waals surface area contributed by atoms with Crippen LogP contribution in [0, 0.1) is 0 Å². The predicted octanol–water partition coefficient (Wildman–Crippen LogP) is 2.53. The first-order valence-electron chi connectivity index (χ1n) is 7.39. The summed E-state index contributed by atoms with van der Waals surface area (Å²) in [5.74, 6) is 0.0796. The van der Waals surface area contributed by atoms with Crippen LogP contribution in [0.15, 0.2) is 47.4 Å². The number of methoxy groups -OCH3 is 1. The van der Waals surface area contributed by atoms with Crippen molar-refractivity contribution in [1.29, 1.82) is 0 Å². The number of benzene rings is 2. The van der Waals surface area contributed by atoms with Gasteiger partial charge in [0, 0.05) is 25.7 Å². The number of hydrogen-bond acceptors (Lipinski definition) is 4. The Morgan fingerprint density at radius 1 is 1.16 bits per heavy atom. The van der Waals surface area contributed by atoms with Crippen molar-refractivity contribution in [2.75, 3.05) is 21.2 Å². The third kappa shape index (κ3) is 4.50. The van der Waals surface area contributed by atoms with Crippen LogP contribution in [-0.4, -0.2) is 39.8 Å². The largest absolute Gasteiger partial charge is 0.496 e. The number of rotatable bonds is 6. The van der Waals surface area contributed by atoms with E-state index < -0.39 is 10.0 Å². The second kappa shape index (κ2) is 7.86. The van der Waals surface area contributed by atoms with Crippen LogP contribution in [0.5, 0.6) is 5.75 Å². The molecule has 0 aliphatic heterocycles. The van der Waals surface area contributed by atoms with E-state index in [0.29, 0.717) is 16.3 Å². The number of sulfonamides is 1. The van der Waals surface area contributed by atoms with Crippen LogP contribution in [0.1, 0.15) is 15.9 Å². The Labute approximate surface area is 152 Å². The third-order valence-electron chi connectivity index (χ3n) is 3.56. The van der Waals surface area contributed by atoms with E-state index in [1.165, 1.54) is 33.3 Å². The van der Waals surface area contributed by atoms with Gasteiger partial charge in [0.25, 0.3) is 5.91 Å². The Morgan fingerprint density at radius 2 is 1.80 bits per heavy atom. The van der Waals surface area contributed by atoms with Crippen LogP contribution in [-0.2, 0) is 16.6 Å². The van der Waals surface area contributed by atoms with E-state index in [2.05, 4.69) is 5.32 Å². The second-order valence-corrected chi connectivity index (χ2v) is 8.05. The molecule has 0 unspecified atom stereocenters. The SMILES string of the molecule is COc1cc(Cl)ccc1C(=O)NCc1ccc(S(=O)(=O)N(C)C)cc1. The topological polar surface area (TPSA) is 75.7 Å². The summed E-state index contributed by atoms with van der Waals surface area (Å²) < 4.78 is 30.4. The summed E-state index contributed by atoms with van der Waals surface area (Å²) in [7, 11) is 0.951. The molecule has 2 aromatic carbocycles. The van der Waals surface area contributed by atoms with Crippen molar-refractivity contribution in [3.8, 4) is 5.75 Å². The number of nitrogens with one attached hydrogen (secondary N) is 1. The number of nitrogens with zero attached hydrogens (tertiary/aromatic N) is 1. The summed E-state index contributed by atoms with van der Waals surface area (Å²) in [4.78, 5) is 12.5. The van der Waals surface area contributed by atoms with Crippen LogP contribution in [0.2, 0.25) is 5.02 Å². The number of carbonyl (C=O) groups is 1. The molecule has 0 saturated heterocycles. The second-order valence-electron chi connectivity index (χ2n) is 5.46. The van der Waals surface area contributed by atoms with Crippen molar-refractivity contribution >= 4 is 27.5 Å². The Bertz CT molecular complexity index is 865. The molecule has 0 bridgehead atoms. The highest BCUT2D eigenvalue weighted by Crippen LogP contribution is 2.23. The van der Waals surface area contributed by atoms with Crippen molar-refractivity contribution in [3.05, 3.63) is 58.6 Å². The normalized spacial score (nSPS) is 11.4. The van der Waals surface area contributed by atoms with Crippen molar-refractivity contribution < 1.29 is 17.9 Å². The molecule has 0 fully saturated rings. The summed E-state index contributed by atoms with van der Waals surface area (Å²) in [5.41, 5.74) is 1.15. The van der Waals surface area contributed by atoms with Gasteiger partial charge in [0.05, 0.1) is 17.6 Å². The minimum Gasteiger partial charge on any atom is -0.496 e. The molecule has 1 N–H and O–H groups in total. The van der Waals surface area contributed by atoms with Gasteiger partial charge >= 0.3 is 0 Å². The van der Waals surface area contributed by atoms with E-state index in [1.54, 1.807) is 30.3 Å². The number of ether oxygens (including phenoxy) is 1. The lowest BCUT2D eigenvalue weighted by Crippen LogP contribution is -2.24. The summed E-state index contributed by atoms with van der Waals surface area (Å²) in [6.45, 7) is 0.257. The number of carbonyl (C=O) groups excluding carboxylic acids is 1. The molecule has 0 aliphatic carbocycles. The lowest BCUT2D eigenvalue weighted by Gasteiger charge is -2.12. The van der Waals surface area contributed by atoms with Crippen LogP contribution < -0.4 is 10.1 Å². The van der Waals surface area contributed by atoms with Crippen LogP contribution in [0.3, 0.4) is 0 Å². The maximum atomic E-state index is 12.3. The molecule has 25 heavy (non-hydrogen) atoms. The molecule has 0 aliphatic rings. The summed E-state index contributed by atoms with van der Waals surface area (Å²) >= 11 is 5.88. The fourth-order valence-corrected chi connectivity index (χ4v) is 3.18. The minimum atomic E-state index is -3.46. The van der Waals surface area contributed by atoms with Gasteiger partial charge in [-0.05, 0) is 35.9 Å². The molecule has 0 saturated carbocycles. The third-order valence-corrected chi connectivity index (χ3v) is 5.63. The number of hydrogen-bond donors (Lipinski definition) is 1. The Morgan fingerprint density at radius 3 is 2.36 bits per heavy atom. The lowest BCUT2D eigenvalue weighted by molar-refractivity contribution is 0.0948. The molecular weight excluding hydrogens is 364 g/mol. The zero-order valence-electron chi connectivity index (χ0n) is 14.1. The number of halogens is 1. The van der Waals surface area contributed by atoms with E-state index in [-0.39, 0.29) is 17.3 Å². The van der Waals surface area contributed by atoms with E-state index in [4.69, 9.17) is 16.3 Å². The number of amides is 1. The molecule has 6 nitrogen and oxygen atoms in total. The van der Waals surface area contributed by atoms with Gasteiger partial charge in [0.15, 0.2) is 0 Å².